The molecule has 0 spiro atoms. The quantitative estimate of drug-likeness (QED) is 0.773. The van der Waals surface area contributed by atoms with Crippen LogP contribution in [0.3, 0.4) is 0 Å². The van der Waals surface area contributed by atoms with E-state index in [0.717, 1.165) is 19.3 Å². The Bertz CT molecular complexity index is 486. The minimum atomic E-state index is 0.567. The molecule has 0 aromatic heterocycles. The van der Waals surface area contributed by atoms with E-state index in [2.05, 4.69) is 73.8 Å². The summed E-state index contributed by atoms with van der Waals surface area (Å²) >= 11 is 0. The van der Waals surface area contributed by atoms with Crippen molar-refractivity contribution in [1.82, 2.24) is 0 Å². The lowest BCUT2D eigenvalue weighted by molar-refractivity contribution is 0.671. The zero-order chi connectivity index (χ0) is 13.5. The molecule has 2 aromatic rings. The second kappa shape index (κ2) is 6.98. The molecule has 0 aliphatic carbocycles. The van der Waals surface area contributed by atoms with Gasteiger partial charge in [-0.05, 0) is 36.5 Å². The van der Waals surface area contributed by atoms with Crippen molar-refractivity contribution in [1.29, 1.82) is 0 Å². The molecule has 0 amide bonds. The lowest BCUT2D eigenvalue weighted by atomic mass is 10.0. The maximum absolute atomic E-state index is 3.67. The van der Waals surface area contributed by atoms with E-state index in [0.29, 0.717) is 6.04 Å². The van der Waals surface area contributed by atoms with Crippen molar-refractivity contribution >= 4 is 5.69 Å². The second-order valence-corrected chi connectivity index (χ2v) is 4.98. The first-order chi connectivity index (χ1) is 9.33. The van der Waals surface area contributed by atoms with Gasteiger partial charge in [-0.3, -0.25) is 0 Å². The topological polar surface area (TPSA) is 12.0 Å². The first-order valence-corrected chi connectivity index (χ1v) is 7.21. The molecule has 2 aromatic carbocycles. The summed E-state index contributed by atoms with van der Waals surface area (Å²) in [6.45, 7) is 4.47. The molecule has 0 saturated carbocycles. The van der Waals surface area contributed by atoms with Crippen molar-refractivity contribution in [3.8, 4) is 0 Å². The Morgan fingerprint density at radius 1 is 0.842 bits per heavy atom. The molecule has 0 heterocycles. The second-order valence-electron chi connectivity index (χ2n) is 4.98. The van der Waals surface area contributed by atoms with Crippen LogP contribution in [0.1, 0.15) is 37.8 Å². The van der Waals surface area contributed by atoms with Gasteiger partial charge < -0.3 is 5.32 Å². The largest absolute Gasteiger partial charge is 0.382 e. The number of rotatable bonds is 6. The molecule has 0 atom stereocenters. The summed E-state index contributed by atoms with van der Waals surface area (Å²) in [6.07, 6.45) is 3.32. The summed E-state index contributed by atoms with van der Waals surface area (Å²) in [7, 11) is 0. The van der Waals surface area contributed by atoms with Crippen LogP contribution in [-0.4, -0.2) is 6.04 Å². The monoisotopic (exact) mass is 253 g/mol. The van der Waals surface area contributed by atoms with Gasteiger partial charge in [0.25, 0.3) is 0 Å². The maximum atomic E-state index is 3.67. The Balaban J connectivity index is 2.16. The van der Waals surface area contributed by atoms with Crippen LogP contribution >= 0.6 is 0 Å². The molecule has 100 valence electrons. The zero-order valence-corrected chi connectivity index (χ0v) is 11.9. The molecule has 0 bridgehead atoms. The number of para-hydroxylation sites is 1. The van der Waals surface area contributed by atoms with Crippen LogP contribution in [0.5, 0.6) is 0 Å². The van der Waals surface area contributed by atoms with Crippen LogP contribution in [0.4, 0.5) is 5.69 Å². The lowest BCUT2D eigenvalue weighted by Crippen LogP contribution is -2.18. The first-order valence-electron chi connectivity index (χ1n) is 7.21. The molecule has 1 N–H and O–H groups in total. The van der Waals surface area contributed by atoms with Crippen LogP contribution < -0.4 is 5.32 Å². The van der Waals surface area contributed by atoms with E-state index in [-0.39, 0.29) is 0 Å². The van der Waals surface area contributed by atoms with Crippen LogP contribution in [0.15, 0.2) is 54.6 Å². The molecule has 1 nitrogen and oxygen atoms in total. The van der Waals surface area contributed by atoms with E-state index in [1.807, 2.05) is 0 Å². The molecule has 1 heteroatoms. The van der Waals surface area contributed by atoms with Gasteiger partial charge in [-0.25, -0.2) is 0 Å². The first kappa shape index (κ1) is 13.7. The van der Waals surface area contributed by atoms with Crippen molar-refractivity contribution in [2.24, 2.45) is 0 Å². The molecule has 0 unspecified atom stereocenters. The number of nitrogens with one attached hydrogen (secondary N) is 1. The average molecular weight is 253 g/mol. The highest BCUT2D eigenvalue weighted by Crippen LogP contribution is 2.21. The van der Waals surface area contributed by atoms with Gasteiger partial charge in [0.15, 0.2) is 0 Å². The van der Waals surface area contributed by atoms with Crippen molar-refractivity contribution in [2.75, 3.05) is 5.32 Å². The van der Waals surface area contributed by atoms with E-state index in [4.69, 9.17) is 0 Å². The molecule has 0 radical (unpaired) electrons. The van der Waals surface area contributed by atoms with Gasteiger partial charge in [0.1, 0.15) is 0 Å². The third-order valence-corrected chi connectivity index (χ3v) is 3.60. The van der Waals surface area contributed by atoms with E-state index in [1.165, 1.54) is 16.8 Å². The van der Waals surface area contributed by atoms with E-state index in [1.54, 1.807) is 0 Å². The zero-order valence-electron chi connectivity index (χ0n) is 11.9. The minimum Gasteiger partial charge on any atom is -0.382 e. The summed E-state index contributed by atoms with van der Waals surface area (Å²) in [6, 6.07) is 19.9. The summed E-state index contributed by atoms with van der Waals surface area (Å²) in [4.78, 5) is 0. The number of anilines is 1. The molecule has 0 fully saturated rings. The van der Waals surface area contributed by atoms with Gasteiger partial charge in [-0.15, -0.1) is 0 Å². The standard InChI is InChI=1S/C18H23N/c1-3-17(4-2)19-18-13-9-8-12-16(18)14-15-10-6-5-7-11-15/h5-13,17,19H,3-4,14H2,1-2H3. The van der Waals surface area contributed by atoms with Gasteiger partial charge >= 0.3 is 0 Å². The third-order valence-electron chi connectivity index (χ3n) is 3.60. The predicted molar refractivity (Wildman–Crippen MR) is 83.7 cm³/mol. The molecule has 0 aliphatic heterocycles. The van der Waals surface area contributed by atoms with Crippen molar-refractivity contribution in [3.63, 3.8) is 0 Å². The van der Waals surface area contributed by atoms with Crippen LogP contribution in [0, 0.1) is 0 Å². The van der Waals surface area contributed by atoms with Gasteiger partial charge in [-0.2, -0.15) is 0 Å². The Labute approximate surface area is 116 Å². The van der Waals surface area contributed by atoms with Crippen LogP contribution in [-0.2, 0) is 6.42 Å². The Morgan fingerprint density at radius 3 is 2.16 bits per heavy atom. The van der Waals surface area contributed by atoms with E-state index >= 15 is 0 Å². The fourth-order valence-corrected chi connectivity index (χ4v) is 2.34. The highest BCUT2D eigenvalue weighted by atomic mass is 14.9. The van der Waals surface area contributed by atoms with E-state index in [9.17, 15) is 0 Å². The van der Waals surface area contributed by atoms with Crippen molar-refractivity contribution in [2.45, 2.75) is 39.2 Å². The highest BCUT2D eigenvalue weighted by Gasteiger charge is 2.07. The van der Waals surface area contributed by atoms with Gasteiger partial charge in [-0.1, -0.05) is 62.4 Å². The average Bonchev–Trinajstić information content (AvgIpc) is 2.47. The SMILES string of the molecule is CCC(CC)Nc1ccccc1Cc1ccccc1. The fraction of sp³-hybridized carbons (Fsp3) is 0.333. The normalized spacial score (nSPS) is 10.7. The molecule has 0 saturated heterocycles. The van der Waals surface area contributed by atoms with Crippen molar-refractivity contribution < 1.29 is 0 Å². The summed E-state index contributed by atoms with van der Waals surface area (Å²) in [5.41, 5.74) is 4.02. The molecular formula is C18H23N. The number of benzene rings is 2. The maximum Gasteiger partial charge on any atom is 0.0378 e. The predicted octanol–water partition coefficient (Wildman–Crippen LogP) is 4.88. The minimum absolute atomic E-state index is 0.567. The Kier molecular flexibility index (Phi) is 5.02. The molecule has 2 rings (SSSR count). The molecule has 19 heavy (non-hydrogen) atoms. The van der Waals surface area contributed by atoms with E-state index < -0.39 is 0 Å². The molecular weight excluding hydrogens is 230 g/mol. The van der Waals surface area contributed by atoms with Crippen LogP contribution in [0.2, 0.25) is 0 Å². The smallest absolute Gasteiger partial charge is 0.0378 e. The molecule has 0 aliphatic rings. The summed E-state index contributed by atoms with van der Waals surface area (Å²) in [5.74, 6) is 0. The van der Waals surface area contributed by atoms with Crippen molar-refractivity contribution in [3.05, 3.63) is 65.7 Å². The number of hydrogen-bond donors (Lipinski definition) is 1. The highest BCUT2D eigenvalue weighted by molar-refractivity contribution is 5.53. The summed E-state index contributed by atoms with van der Waals surface area (Å²) < 4.78 is 0. The van der Waals surface area contributed by atoms with Gasteiger partial charge in [0.2, 0.25) is 0 Å². The van der Waals surface area contributed by atoms with Gasteiger partial charge in [0.05, 0.1) is 0 Å². The van der Waals surface area contributed by atoms with Gasteiger partial charge in [0, 0.05) is 11.7 Å². The Morgan fingerprint density at radius 2 is 1.47 bits per heavy atom. The fourth-order valence-electron chi connectivity index (χ4n) is 2.34. The van der Waals surface area contributed by atoms with Crippen LogP contribution in [0.25, 0.3) is 0 Å². The number of hydrogen-bond acceptors (Lipinski definition) is 1. The Hall–Kier alpha value is -1.76. The lowest BCUT2D eigenvalue weighted by Gasteiger charge is -2.19. The summed E-state index contributed by atoms with van der Waals surface area (Å²) in [5, 5.41) is 3.67. The third kappa shape index (κ3) is 3.85.